The fraction of sp³-hybridized carbons (Fsp3) is 0.526. The Bertz CT molecular complexity index is 985. The van der Waals surface area contributed by atoms with Gasteiger partial charge in [-0.2, -0.15) is 9.40 Å². The minimum Gasteiger partial charge on any atom is -0.478 e. The van der Waals surface area contributed by atoms with Crippen molar-refractivity contribution in [2.24, 2.45) is 7.05 Å². The summed E-state index contributed by atoms with van der Waals surface area (Å²) < 4.78 is 34.7. The van der Waals surface area contributed by atoms with Crippen LogP contribution in [-0.4, -0.2) is 71.1 Å². The van der Waals surface area contributed by atoms with E-state index in [1.54, 1.807) is 42.6 Å². The van der Waals surface area contributed by atoms with Crippen molar-refractivity contribution in [3.63, 3.8) is 0 Å². The van der Waals surface area contributed by atoms with Gasteiger partial charge in [-0.1, -0.05) is 0 Å². The Kier molecular flexibility index (Phi) is 6.23. The second-order valence-electron chi connectivity index (χ2n) is 6.99. The summed E-state index contributed by atoms with van der Waals surface area (Å²) in [6, 6.07) is 3.35. The van der Waals surface area contributed by atoms with Crippen LogP contribution in [0.25, 0.3) is 0 Å². The summed E-state index contributed by atoms with van der Waals surface area (Å²) >= 11 is 0. The Balaban J connectivity index is 1.73. The second kappa shape index (κ2) is 8.50. The summed E-state index contributed by atoms with van der Waals surface area (Å²) in [4.78, 5) is 18.9. The van der Waals surface area contributed by atoms with E-state index in [4.69, 9.17) is 4.74 Å². The third-order valence-electron chi connectivity index (χ3n) is 5.06. The highest BCUT2D eigenvalue weighted by Crippen LogP contribution is 2.24. The minimum absolute atomic E-state index is 0.159. The molecule has 1 aliphatic heterocycles. The number of pyridine rings is 1. The van der Waals surface area contributed by atoms with E-state index in [1.807, 2.05) is 6.92 Å². The largest absolute Gasteiger partial charge is 0.478 e. The first-order valence-electron chi connectivity index (χ1n) is 9.64. The van der Waals surface area contributed by atoms with Crippen LogP contribution >= 0.6 is 0 Å². The van der Waals surface area contributed by atoms with Crippen molar-refractivity contribution in [2.45, 2.75) is 32.1 Å². The Hall–Kier alpha value is -2.46. The average Bonchev–Trinajstić information content (AvgIpc) is 2.86. The van der Waals surface area contributed by atoms with Crippen LogP contribution in [0.4, 0.5) is 0 Å². The summed E-state index contributed by atoms with van der Waals surface area (Å²) in [5.41, 5.74) is 1.56. The molecule has 1 fully saturated rings. The van der Waals surface area contributed by atoms with Gasteiger partial charge in [-0.25, -0.2) is 13.4 Å². The predicted molar refractivity (Wildman–Crippen MR) is 107 cm³/mol. The average molecular weight is 422 g/mol. The molecule has 0 unspecified atom stereocenters. The standard InChI is InChI=1S/C19H27N5O4S/c1-5-28-17-8-7-16(13-20-17)19(25)23-9-6-10-24(12-11-23)29(26,27)18-14(2)21-22(4)15(18)3/h7-8,13H,5-6,9-12H2,1-4H3. The maximum atomic E-state index is 13.2. The molecule has 3 heterocycles. The fourth-order valence-corrected chi connectivity index (χ4v) is 5.39. The van der Waals surface area contributed by atoms with E-state index in [2.05, 4.69) is 10.1 Å². The van der Waals surface area contributed by atoms with Gasteiger partial charge in [0.25, 0.3) is 5.91 Å². The van der Waals surface area contributed by atoms with E-state index in [0.29, 0.717) is 55.5 Å². The van der Waals surface area contributed by atoms with Crippen molar-refractivity contribution in [2.75, 3.05) is 32.8 Å². The van der Waals surface area contributed by atoms with E-state index < -0.39 is 10.0 Å². The van der Waals surface area contributed by atoms with Crippen LogP contribution in [0.3, 0.4) is 0 Å². The Morgan fingerprint density at radius 2 is 1.93 bits per heavy atom. The van der Waals surface area contributed by atoms with Crippen molar-refractivity contribution in [3.05, 3.63) is 35.3 Å². The van der Waals surface area contributed by atoms with Gasteiger partial charge >= 0.3 is 0 Å². The highest BCUT2D eigenvalue weighted by molar-refractivity contribution is 7.89. The summed E-state index contributed by atoms with van der Waals surface area (Å²) in [5, 5.41) is 4.23. The number of carbonyl (C=O) groups is 1. The number of nitrogens with zero attached hydrogens (tertiary/aromatic N) is 5. The molecule has 0 radical (unpaired) electrons. The minimum atomic E-state index is -3.67. The highest BCUT2D eigenvalue weighted by atomic mass is 32.2. The molecule has 9 nitrogen and oxygen atoms in total. The van der Waals surface area contributed by atoms with Gasteiger partial charge in [0.1, 0.15) is 4.90 Å². The zero-order chi connectivity index (χ0) is 21.2. The first kappa shape index (κ1) is 21.3. The zero-order valence-corrected chi connectivity index (χ0v) is 18.1. The zero-order valence-electron chi connectivity index (χ0n) is 17.3. The molecule has 0 atom stereocenters. The van der Waals surface area contributed by atoms with Crippen LogP contribution in [0.5, 0.6) is 5.88 Å². The monoisotopic (exact) mass is 421 g/mol. The Morgan fingerprint density at radius 1 is 1.17 bits per heavy atom. The van der Waals surface area contributed by atoms with Gasteiger partial charge < -0.3 is 9.64 Å². The molecule has 0 aromatic carbocycles. The van der Waals surface area contributed by atoms with E-state index in [0.717, 1.165) is 0 Å². The molecule has 10 heteroatoms. The van der Waals surface area contributed by atoms with Crippen molar-refractivity contribution < 1.29 is 17.9 Å². The van der Waals surface area contributed by atoms with E-state index in [1.165, 1.54) is 10.5 Å². The van der Waals surface area contributed by atoms with E-state index >= 15 is 0 Å². The van der Waals surface area contributed by atoms with Crippen LogP contribution < -0.4 is 4.74 Å². The molecule has 158 valence electrons. The van der Waals surface area contributed by atoms with Gasteiger partial charge in [0.15, 0.2) is 0 Å². The fourth-order valence-electron chi connectivity index (χ4n) is 3.52. The molecular weight excluding hydrogens is 394 g/mol. The number of rotatable bonds is 5. The molecule has 3 rings (SSSR count). The lowest BCUT2D eigenvalue weighted by atomic mass is 10.2. The van der Waals surface area contributed by atoms with Crippen LogP contribution in [0, 0.1) is 13.8 Å². The molecule has 0 spiro atoms. The number of ether oxygens (including phenoxy) is 1. The number of amides is 1. The summed E-state index contributed by atoms with van der Waals surface area (Å²) in [6.45, 7) is 7.24. The van der Waals surface area contributed by atoms with Crippen LogP contribution in [0.1, 0.15) is 35.1 Å². The quantitative estimate of drug-likeness (QED) is 0.723. The lowest BCUT2D eigenvalue weighted by Gasteiger charge is -2.22. The lowest BCUT2D eigenvalue weighted by molar-refractivity contribution is 0.0763. The van der Waals surface area contributed by atoms with Crippen molar-refractivity contribution in [3.8, 4) is 5.88 Å². The molecule has 0 N–H and O–H groups in total. The molecule has 2 aromatic heterocycles. The number of hydrogen-bond donors (Lipinski definition) is 0. The van der Waals surface area contributed by atoms with Gasteiger partial charge in [0, 0.05) is 45.5 Å². The van der Waals surface area contributed by atoms with Crippen LogP contribution in [0.15, 0.2) is 23.2 Å². The number of sulfonamides is 1. The molecule has 2 aromatic rings. The first-order chi connectivity index (χ1) is 13.8. The molecule has 0 saturated carbocycles. The maximum absolute atomic E-state index is 13.2. The summed E-state index contributed by atoms with van der Waals surface area (Å²) in [6.07, 6.45) is 2.06. The SMILES string of the molecule is CCOc1ccc(C(=O)N2CCCN(S(=O)(=O)c3c(C)nn(C)c3C)CC2)cn1. The van der Waals surface area contributed by atoms with E-state index in [-0.39, 0.29) is 17.3 Å². The highest BCUT2D eigenvalue weighted by Gasteiger charge is 2.32. The number of aryl methyl sites for hydroxylation is 2. The summed E-state index contributed by atoms with van der Waals surface area (Å²) in [5.74, 6) is 0.313. The van der Waals surface area contributed by atoms with Crippen molar-refractivity contribution in [1.29, 1.82) is 0 Å². The number of aromatic nitrogens is 3. The van der Waals surface area contributed by atoms with Gasteiger partial charge in [-0.15, -0.1) is 0 Å². The molecule has 0 bridgehead atoms. The van der Waals surface area contributed by atoms with Crippen LogP contribution in [0.2, 0.25) is 0 Å². The molecule has 0 aliphatic carbocycles. The molecule has 1 saturated heterocycles. The third kappa shape index (κ3) is 4.27. The number of carbonyl (C=O) groups excluding carboxylic acids is 1. The Morgan fingerprint density at radius 3 is 2.52 bits per heavy atom. The van der Waals surface area contributed by atoms with E-state index in [9.17, 15) is 13.2 Å². The van der Waals surface area contributed by atoms with Gasteiger partial charge in [-0.3, -0.25) is 9.48 Å². The van der Waals surface area contributed by atoms with Gasteiger partial charge in [0.05, 0.1) is 23.6 Å². The predicted octanol–water partition coefficient (Wildman–Crippen LogP) is 1.37. The van der Waals surface area contributed by atoms with Gasteiger partial charge in [0.2, 0.25) is 15.9 Å². The van der Waals surface area contributed by atoms with Gasteiger partial charge in [-0.05, 0) is 33.3 Å². The lowest BCUT2D eigenvalue weighted by Crippen LogP contribution is -2.37. The molecule has 1 aliphatic rings. The molecule has 29 heavy (non-hydrogen) atoms. The van der Waals surface area contributed by atoms with Crippen LogP contribution in [-0.2, 0) is 17.1 Å². The smallest absolute Gasteiger partial charge is 0.255 e. The first-order valence-corrected chi connectivity index (χ1v) is 11.1. The summed E-state index contributed by atoms with van der Waals surface area (Å²) in [7, 11) is -1.94. The number of hydrogen-bond acceptors (Lipinski definition) is 6. The normalized spacial score (nSPS) is 15.9. The third-order valence-corrected chi connectivity index (χ3v) is 7.21. The van der Waals surface area contributed by atoms with Crippen molar-refractivity contribution >= 4 is 15.9 Å². The Labute approximate surface area is 171 Å². The molecule has 1 amide bonds. The molecular formula is C19H27N5O4S. The second-order valence-corrected chi connectivity index (χ2v) is 8.87. The topological polar surface area (TPSA) is 97.6 Å². The van der Waals surface area contributed by atoms with Crippen molar-refractivity contribution in [1.82, 2.24) is 24.0 Å². The maximum Gasteiger partial charge on any atom is 0.255 e.